The second-order valence-corrected chi connectivity index (χ2v) is 8.47. The van der Waals surface area contributed by atoms with E-state index in [1.807, 2.05) is 37.4 Å². The maximum atomic E-state index is 14.4. The Labute approximate surface area is 180 Å². The van der Waals surface area contributed by atoms with Crippen LogP contribution < -0.4 is 9.47 Å². The van der Waals surface area contributed by atoms with E-state index < -0.39 is 5.82 Å². The van der Waals surface area contributed by atoms with Gasteiger partial charge in [-0.15, -0.1) is 0 Å². The maximum Gasteiger partial charge on any atom is 0.326 e. The number of pyridine rings is 1. The molecule has 0 spiro atoms. The van der Waals surface area contributed by atoms with Gasteiger partial charge in [-0.25, -0.2) is 9.37 Å². The van der Waals surface area contributed by atoms with Gasteiger partial charge in [0.1, 0.15) is 11.4 Å². The Hall–Kier alpha value is -2.51. The van der Waals surface area contributed by atoms with Crippen LogP contribution in [-0.4, -0.2) is 16.4 Å². The molecule has 0 radical (unpaired) electrons. The van der Waals surface area contributed by atoms with Gasteiger partial charge in [0.05, 0.1) is 11.6 Å². The minimum Gasteiger partial charge on any atom is -0.454 e. The van der Waals surface area contributed by atoms with E-state index in [9.17, 15) is 9.60 Å². The number of hydrogen-bond acceptors (Lipinski definition) is 3. The summed E-state index contributed by atoms with van der Waals surface area (Å²) < 4.78 is 22.2. The number of aryl methyl sites for hydroxylation is 1. The van der Waals surface area contributed by atoms with E-state index in [-0.39, 0.29) is 5.75 Å². The molecule has 0 saturated carbocycles. The fraction of sp³-hybridized carbons (Fsp3) is 0.136. The van der Waals surface area contributed by atoms with Crippen LogP contribution in [0, 0.1) is 12.7 Å². The van der Waals surface area contributed by atoms with E-state index >= 15 is 0 Å². The molecule has 2 heterocycles. The number of thioether (sulfide) groups is 1. The molecule has 0 saturated heterocycles. The number of hydrogen-bond donors (Lipinski definition) is 2. The van der Waals surface area contributed by atoms with Crippen LogP contribution in [0.1, 0.15) is 11.3 Å². The maximum absolute atomic E-state index is 14.4. The smallest absolute Gasteiger partial charge is 0.326 e. The summed E-state index contributed by atoms with van der Waals surface area (Å²) in [6.07, 6.45) is 3.83. The van der Waals surface area contributed by atoms with Crippen LogP contribution in [0.25, 0.3) is 22.2 Å². The van der Waals surface area contributed by atoms with E-state index in [1.165, 1.54) is 6.07 Å². The normalized spacial score (nSPS) is 11.2. The predicted octanol–water partition coefficient (Wildman–Crippen LogP) is 6.23. The molecule has 148 valence electrons. The van der Waals surface area contributed by atoms with E-state index in [0.717, 1.165) is 32.6 Å². The number of aromatic nitrogens is 2. The third-order valence-electron chi connectivity index (χ3n) is 4.67. The quantitative estimate of drug-likeness (QED) is 0.267. The van der Waals surface area contributed by atoms with Crippen molar-refractivity contribution in [1.29, 1.82) is 0 Å². The first kappa shape index (κ1) is 19.8. The van der Waals surface area contributed by atoms with Crippen molar-refractivity contribution in [2.24, 2.45) is 0 Å². The van der Waals surface area contributed by atoms with Crippen LogP contribution >= 0.6 is 27.7 Å². The van der Waals surface area contributed by atoms with E-state index in [2.05, 4.69) is 27.0 Å². The molecule has 0 bridgehead atoms. The summed E-state index contributed by atoms with van der Waals surface area (Å²) in [5.74, 6) is 1.11. The summed E-state index contributed by atoms with van der Waals surface area (Å²) >= 11 is 5.00. The standard InChI is InChI=1S/C22H18BrFN2O2S/c1-13-9-17(16-7-8-25-22(16)26(13)27)18-10-14(12-29-2)3-5-20(18)28-21-6-4-15(23)11-19(21)24/h3-11,27H,12H2,1-2H3/p+1. The first-order valence-electron chi connectivity index (χ1n) is 8.95. The summed E-state index contributed by atoms with van der Waals surface area (Å²) in [4.78, 5) is 3.07. The number of rotatable bonds is 5. The number of halogens is 2. The average Bonchev–Trinajstić information content (AvgIpc) is 3.18. The number of fused-ring (bicyclic) bond motifs is 1. The molecule has 0 amide bonds. The van der Waals surface area contributed by atoms with Gasteiger partial charge in [0.25, 0.3) is 0 Å². The Kier molecular flexibility index (Phi) is 5.52. The summed E-state index contributed by atoms with van der Waals surface area (Å²) in [5.41, 5.74) is 4.15. The molecule has 4 nitrogen and oxygen atoms in total. The van der Waals surface area contributed by atoms with Gasteiger partial charge in [-0.1, -0.05) is 22.0 Å². The van der Waals surface area contributed by atoms with Gasteiger partial charge in [0.2, 0.25) is 0 Å². The molecule has 0 atom stereocenters. The zero-order chi connectivity index (χ0) is 20.5. The Morgan fingerprint density at radius 2 is 1.90 bits per heavy atom. The highest BCUT2D eigenvalue weighted by Gasteiger charge is 2.20. The molecule has 0 aliphatic heterocycles. The molecule has 7 heteroatoms. The van der Waals surface area contributed by atoms with Crippen LogP contribution in [0.15, 0.2) is 59.2 Å². The summed E-state index contributed by atoms with van der Waals surface area (Å²) in [6.45, 7) is 1.82. The van der Waals surface area contributed by atoms with Crippen molar-refractivity contribution in [3.63, 3.8) is 0 Å². The van der Waals surface area contributed by atoms with Gasteiger partial charge in [-0.05, 0) is 59.0 Å². The Balaban J connectivity index is 1.91. The molecule has 2 aromatic carbocycles. The van der Waals surface area contributed by atoms with Gasteiger partial charge in [-0.3, -0.25) is 0 Å². The molecule has 0 aliphatic rings. The molecule has 0 aliphatic carbocycles. The first-order chi connectivity index (χ1) is 14.0. The van der Waals surface area contributed by atoms with Crippen LogP contribution in [0.5, 0.6) is 11.5 Å². The van der Waals surface area contributed by atoms with Gasteiger partial charge in [-0.2, -0.15) is 11.8 Å². The monoisotopic (exact) mass is 473 g/mol. The molecule has 2 N–H and O–H groups in total. The Morgan fingerprint density at radius 1 is 1.10 bits per heavy atom. The lowest BCUT2D eigenvalue weighted by Gasteiger charge is -2.15. The van der Waals surface area contributed by atoms with Gasteiger partial charge < -0.3 is 9.94 Å². The van der Waals surface area contributed by atoms with Crippen molar-refractivity contribution in [2.75, 3.05) is 6.26 Å². The highest BCUT2D eigenvalue weighted by atomic mass is 79.9. The largest absolute Gasteiger partial charge is 0.454 e. The highest BCUT2D eigenvalue weighted by Crippen LogP contribution is 2.39. The molecular weight excluding hydrogens is 455 g/mol. The second kappa shape index (κ2) is 8.08. The van der Waals surface area contributed by atoms with Crippen LogP contribution in [0.4, 0.5) is 4.39 Å². The summed E-state index contributed by atoms with van der Waals surface area (Å²) in [7, 11) is 0. The van der Waals surface area contributed by atoms with Crippen molar-refractivity contribution in [1.82, 2.24) is 4.98 Å². The first-order valence-corrected chi connectivity index (χ1v) is 11.1. The van der Waals surface area contributed by atoms with Crippen molar-refractivity contribution in [3.05, 3.63) is 76.3 Å². The number of benzene rings is 2. The molecule has 0 fully saturated rings. The van der Waals surface area contributed by atoms with Gasteiger partial charge in [0, 0.05) is 28.3 Å². The SMILES string of the molecule is CSCc1ccc(Oc2ccc(Br)cc2F)c(-c2cc(C)[n+](O)c3[nH]ccc23)c1. The zero-order valence-electron chi connectivity index (χ0n) is 15.9. The van der Waals surface area contributed by atoms with Crippen molar-refractivity contribution in [2.45, 2.75) is 12.7 Å². The van der Waals surface area contributed by atoms with E-state index in [4.69, 9.17) is 4.74 Å². The lowest BCUT2D eigenvalue weighted by molar-refractivity contribution is -0.889. The number of ether oxygens (including phenoxy) is 1. The number of nitrogens with zero attached hydrogens (tertiary/aromatic N) is 1. The highest BCUT2D eigenvalue weighted by molar-refractivity contribution is 9.10. The fourth-order valence-corrected chi connectivity index (χ4v) is 4.16. The third-order valence-corrected chi connectivity index (χ3v) is 5.79. The van der Waals surface area contributed by atoms with E-state index in [0.29, 0.717) is 21.6 Å². The van der Waals surface area contributed by atoms with Gasteiger partial charge in [0.15, 0.2) is 11.6 Å². The topological polar surface area (TPSA) is 49.1 Å². The zero-order valence-corrected chi connectivity index (χ0v) is 18.3. The van der Waals surface area contributed by atoms with Crippen LogP contribution in [-0.2, 0) is 5.75 Å². The lowest BCUT2D eigenvalue weighted by atomic mass is 9.99. The fourth-order valence-electron chi connectivity index (χ4n) is 3.31. The van der Waals surface area contributed by atoms with Crippen molar-refractivity contribution in [3.8, 4) is 22.6 Å². The Morgan fingerprint density at radius 3 is 2.66 bits per heavy atom. The molecular formula is C22H19BrFN2O2S+. The predicted molar refractivity (Wildman–Crippen MR) is 117 cm³/mol. The lowest BCUT2D eigenvalue weighted by Crippen LogP contribution is -2.34. The second-order valence-electron chi connectivity index (χ2n) is 6.69. The number of aromatic amines is 1. The molecule has 0 unspecified atom stereocenters. The molecule has 4 aromatic rings. The Bertz CT molecular complexity index is 1210. The summed E-state index contributed by atoms with van der Waals surface area (Å²) in [5, 5.41) is 11.2. The number of H-pyrrole nitrogens is 1. The molecule has 4 rings (SSSR count). The minimum atomic E-state index is -0.442. The third kappa shape index (κ3) is 3.84. The summed E-state index contributed by atoms with van der Waals surface area (Å²) in [6, 6.07) is 14.4. The molecule has 29 heavy (non-hydrogen) atoms. The van der Waals surface area contributed by atoms with E-state index in [1.54, 1.807) is 30.1 Å². The van der Waals surface area contributed by atoms with Crippen molar-refractivity contribution >= 4 is 38.7 Å². The number of nitrogens with one attached hydrogen (secondary N) is 1. The van der Waals surface area contributed by atoms with Crippen LogP contribution in [0.3, 0.4) is 0 Å². The minimum absolute atomic E-state index is 0.155. The molecule has 2 aromatic heterocycles. The van der Waals surface area contributed by atoms with Crippen LogP contribution in [0.2, 0.25) is 0 Å². The van der Waals surface area contributed by atoms with Gasteiger partial charge >= 0.3 is 5.65 Å². The van der Waals surface area contributed by atoms with Crippen molar-refractivity contribution < 1.29 is 19.1 Å². The average molecular weight is 474 g/mol.